The van der Waals surface area contributed by atoms with E-state index in [-0.39, 0.29) is 0 Å². The Kier molecular flexibility index (Phi) is 5.34. The van der Waals surface area contributed by atoms with Crippen molar-refractivity contribution in [1.82, 2.24) is 4.90 Å². The van der Waals surface area contributed by atoms with Crippen LogP contribution in [0, 0.1) is 0 Å². The number of benzene rings is 2. The maximum absolute atomic E-state index is 5.67. The van der Waals surface area contributed by atoms with Crippen LogP contribution in [-0.2, 0) is 6.42 Å². The van der Waals surface area contributed by atoms with Gasteiger partial charge >= 0.3 is 0 Å². The van der Waals surface area contributed by atoms with Crippen LogP contribution in [0.3, 0.4) is 0 Å². The van der Waals surface area contributed by atoms with Gasteiger partial charge in [0.2, 0.25) is 0 Å². The second-order valence-electron chi connectivity index (χ2n) is 7.39. The van der Waals surface area contributed by atoms with Crippen molar-refractivity contribution in [3.63, 3.8) is 0 Å². The van der Waals surface area contributed by atoms with Crippen LogP contribution in [0.5, 0.6) is 5.75 Å². The number of hydrogen-bond donors (Lipinski definition) is 0. The van der Waals surface area contributed by atoms with Gasteiger partial charge in [0.05, 0.1) is 12.7 Å². The van der Waals surface area contributed by atoms with Gasteiger partial charge in [-0.3, -0.25) is 0 Å². The molecule has 0 aromatic heterocycles. The monoisotopic (exact) mass is 372 g/mol. The Morgan fingerprint density at radius 2 is 1.71 bits per heavy atom. The quantitative estimate of drug-likeness (QED) is 0.647. The highest BCUT2D eigenvalue weighted by Crippen LogP contribution is 2.42. The number of aliphatic imine (C=N–C) groups is 1. The van der Waals surface area contributed by atoms with Crippen molar-refractivity contribution >= 4 is 5.84 Å². The van der Waals surface area contributed by atoms with Gasteiger partial charge in [-0.15, -0.1) is 0 Å². The number of ether oxygens (including phenoxy) is 1. The van der Waals surface area contributed by atoms with E-state index in [9.17, 15) is 0 Å². The molecular formula is C25H28N2O. The number of amidine groups is 1. The van der Waals surface area contributed by atoms with Gasteiger partial charge in [0.25, 0.3) is 0 Å². The second-order valence-corrected chi connectivity index (χ2v) is 7.39. The molecule has 4 rings (SSSR count). The summed E-state index contributed by atoms with van der Waals surface area (Å²) in [7, 11) is 1.73. The predicted octanol–water partition coefficient (Wildman–Crippen LogP) is 5.73. The topological polar surface area (TPSA) is 24.8 Å². The minimum absolute atomic E-state index is 0.874. The highest BCUT2D eigenvalue weighted by molar-refractivity contribution is 6.04. The summed E-state index contributed by atoms with van der Waals surface area (Å²) in [6, 6.07) is 18.9. The van der Waals surface area contributed by atoms with Crippen LogP contribution in [0.15, 0.2) is 82.1 Å². The Morgan fingerprint density at radius 1 is 1.00 bits per heavy atom. The molecule has 2 aromatic rings. The van der Waals surface area contributed by atoms with E-state index in [1.807, 2.05) is 12.1 Å². The molecule has 1 heterocycles. The van der Waals surface area contributed by atoms with Gasteiger partial charge in [-0.1, -0.05) is 49.4 Å². The molecule has 0 saturated heterocycles. The van der Waals surface area contributed by atoms with Crippen molar-refractivity contribution < 1.29 is 4.74 Å². The maximum atomic E-state index is 5.67. The Labute approximate surface area is 168 Å². The van der Waals surface area contributed by atoms with Gasteiger partial charge in [-0.2, -0.15) is 0 Å². The van der Waals surface area contributed by atoms with Crippen molar-refractivity contribution in [3.05, 3.63) is 88.3 Å². The molecule has 0 atom stereocenters. The van der Waals surface area contributed by atoms with E-state index in [0.29, 0.717) is 0 Å². The maximum Gasteiger partial charge on any atom is 0.144 e. The third kappa shape index (κ3) is 3.62. The first kappa shape index (κ1) is 18.5. The molecule has 0 amide bonds. The molecule has 0 N–H and O–H groups in total. The van der Waals surface area contributed by atoms with Crippen LogP contribution in [0.25, 0.3) is 0 Å². The summed E-state index contributed by atoms with van der Waals surface area (Å²) in [6.07, 6.45) is 4.40. The first-order chi connectivity index (χ1) is 13.7. The van der Waals surface area contributed by atoms with E-state index in [1.54, 1.807) is 12.7 Å². The fraction of sp³-hybridized carbons (Fsp3) is 0.320. The Hall–Kier alpha value is -2.81. The lowest BCUT2D eigenvalue weighted by molar-refractivity contribution is 0.411. The van der Waals surface area contributed by atoms with Crippen LogP contribution in [0.1, 0.15) is 44.2 Å². The molecule has 0 bridgehead atoms. The molecule has 3 nitrogen and oxygen atoms in total. The van der Waals surface area contributed by atoms with Crippen LogP contribution < -0.4 is 4.74 Å². The zero-order valence-electron chi connectivity index (χ0n) is 17.0. The van der Waals surface area contributed by atoms with Crippen molar-refractivity contribution in [3.8, 4) is 5.75 Å². The number of rotatable bonds is 6. The molecule has 28 heavy (non-hydrogen) atoms. The Bertz CT molecular complexity index is 948. The summed E-state index contributed by atoms with van der Waals surface area (Å²) in [4.78, 5) is 7.52. The highest BCUT2D eigenvalue weighted by Gasteiger charge is 2.32. The molecule has 0 radical (unpaired) electrons. The minimum Gasteiger partial charge on any atom is -0.496 e. The molecule has 1 fully saturated rings. The number of nitrogens with zero attached hydrogens (tertiary/aromatic N) is 2. The molecule has 1 aliphatic carbocycles. The Morgan fingerprint density at radius 3 is 2.39 bits per heavy atom. The number of methoxy groups -OCH3 is 1. The van der Waals surface area contributed by atoms with Crippen LogP contribution in [0.2, 0.25) is 0 Å². The van der Waals surface area contributed by atoms with E-state index in [1.165, 1.54) is 29.7 Å². The first-order valence-electron chi connectivity index (χ1n) is 10.2. The van der Waals surface area contributed by atoms with Crippen LogP contribution >= 0.6 is 0 Å². The molecule has 144 valence electrons. The average molecular weight is 373 g/mol. The van der Waals surface area contributed by atoms with Crippen molar-refractivity contribution in [1.29, 1.82) is 0 Å². The lowest BCUT2D eigenvalue weighted by Gasteiger charge is -2.35. The third-order valence-corrected chi connectivity index (χ3v) is 5.53. The molecule has 1 saturated carbocycles. The number of para-hydroxylation sites is 1. The standard InChI is InChI=1S/C25H28N2O/c1-4-21-18(2)26-25(22-12-8-9-13-23(22)28-3)27(24(21)20-14-15-20)17-16-19-10-6-5-7-11-19/h5-13H,4,14-17H2,1-3H3. The molecule has 0 spiro atoms. The zero-order valence-corrected chi connectivity index (χ0v) is 17.0. The molecule has 2 aliphatic rings. The van der Waals surface area contributed by atoms with Gasteiger partial charge in [0.15, 0.2) is 0 Å². The molecular weight excluding hydrogens is 344 g/mol. The van der Waals surface area contributed by atoms with Gasteiger partial charge in [-0.05, 0) is 61.4 Å². The van der Waals surface area contributed by atoms with Crippen molar-refractivity contribution in [2.45, 2.75) is 39.5 Å². The summed E-state index contributed by atoms with van der Waals surface area (Å²) in [6.45, 7) is 5.29. The van der Waals surface area contributed by atoms with Gasteiger partial charge in [-0.25, -0.2) is 4.99 Å². The predicted molar refractivity (Wildman–Crippen MR) is 116 cm³/mol. The fourth-order valence-corrected chi connectivity index (χ4v) is 3.99. The molecule has 0 unspecified atom stereocenters. The summed E-state index contributed by atoms with van der Waals surface area (Å²) >= 11 is 0. The lowest BCUT2D eigenvalue weighted by atomic mass is 10.00. The Balaban J connectivity index is 1.78. The highest BCUT2D eigenvalue weighted by atomic mass is 16.5. The zero-order chi connectivity index (χ0) is 19.5. The van der Waals surface area contributed by atoms with Gasteiger partial charge < -0.3 is 9.64 Å². The van der Waals surface area contributed by atoms with E-state index < -0.39 is 0 Å². The minimum atomic E-state index is 0.874. The third-order valence-electron chi connectivity index (χ3n) is 5.53. The van der Waals surface area contributed by atoms with Gasteiger partial charge in [0.1, 0.15) is 11.6 Å². The first-order valence-corrected chi connectivity index (χ1v) is 10.2. The smallest absolute Gasteiger partial charge is 0.144 e. The molecule has 1 aliphatic heterocycles. The summed E-state index contributed by atoms with van der Waals surface area (Å²) < 4.78 is 5.67. The molecule has 3 heteroatoms. The van der Waals surface area contributed by atoms with Crippen LogP contribution in [-0.4, -0.2) is 24.4 Å². The van der Waals surface area contributed by atoms with Crippen molar-refractivity contribution in [2.24, 2.45) is 4.99 Å². The lowest BCUT2D eigenvalue weighted by Crippen LogP contribution is -2.36. The van der Waals surface area contributed by atoms with E-state index in [0.717, 1.165) is 42.2 Å². The second kappa shape index (κ2) is 8.05. The summed E-state index contributed by atoms with van der Waals surface area (Å²) in [5, 5.41) is 0. The van der Waals surface area contributed by atoms with Crippen LogP contribution in [0.4, 0.5) is 0 Å². The number of allylic oxidation sites excluding steroid dienone is 3. The summed E-state index contributed by atoms with van der Waals surface area (Å²) in [5.41, 5.74) is 7.91. The average Bonchev–Trinajstić information content (AvgIpc) is 3.58. The number of hydrogen-bond acceptors (Lipinski definition) is 3. The largest absolute Gasteiger partial charge is 0.496 e. The van der Waals surface area contributed by atoms with E-state index in [4.69, 9.17) is 9.73 Å². The van der Waals surface area contributed by atoms with E-state index >= 15 is 0 Å². The van der Waals surface area contributed by atoms with E-state index in [2.05, 4.69) is 61.2 Å². The SMILES string of the molecule is CCC1=C(C)N=C(c2ccccc2OC)N(CCc2ccccc2)C1=C1CC1. The molecule has 2 aromatic carbocycles. The normalized spacial score (nSPS) is 16.4. The summed E-state index contributed by atoms with van der Waals surface area (Å²) in [5.74, 6) is 1.89. The van der Waals surface area contributed by atoms with Gasteiger partial charge in [0, 0.05) is 17.9 Å². The van der Waals surface area contributed by atoms with Crippen molar-refractivity contribution in [2.75, 3.05) is 13.7 Å². The fourth-order valence-electron chi connectivity index (χ4n) is 3.99.